The van der Waals surface area contributed by atoms with Gasteiger partial charge < -0.3 is 5.32 Å². The predicted molar refractivity (Wildman–Crippen MR) is 46.7 cm³/mol. The molecule has 1 N–H and O–H groups in total. The highest BCUT2D eigenvalue weighted by Crippen LogP contribution is 2.36. The first-order valence-electron chi connectivity index (χ1n) is 4.71. The second-order valence-electron chi connectivity index (χ2n) is 4.14. The summed E-state index contributed by atoms with van der Waals surface area (Å²) in [7, 11) is 2.27. The molecular formula is C9H18N2. The molecule has 2 heteroatoms. The fourth-order valence-corrected chi connectivity index (χ4v) is 2.73. The molecule has 2 aliphatic rings. The molecule has 0 saturated carbocycles. The maximum absolute atomic E-state index is 3.57. The molecule has 11 heavy (non-hydrogen) atoms. The normalized spacial score (nSPS) is 43.6. The number of hydrogen-bond donors (Lipinski definition) is 1. The van der Waals surface area contributed by atoms with Crippen LogP contribution in [0.1, 0.15) is 26.2 Å². The molecule has 2 fully saturated rings. The molecule has 2 bridgehead atoms. The van der Waals surface area contributed by atoms with Gasteiger partial charge in [-0.15, -0.1) is 0 Å². The van der Waals surface area contributed by atoms with E-state index in [0.717, 1.165) is 6.04 Å². The lowest BCUT2D eigenvalue weighted by Crippen LogP contribution is -2.50. The molecule has 0 aliphatic carbocycles. The molecule has 2 heterocycles. The minimum atomic E-state index is 0.541. The predicted octanol–water partition coefficient (Wildman–Crippen LogP) is 0.833. The summed E-state index contributed by atoms with van der Waals surface area (Å²) in [5.74, 6) is 0. The summed E-state index contributed by atoms with van der Waals surface area (Å²) in [6.07, 6.45) is 4.07. The van der Waals surface area contributed by atoms with Crippen molar-refractivity contribution in [3.8, 4) is 0 Å². The number of nitrogens with one attached hydrogen (secondary N) is 1. The maximum atomic E-state index is 3.57. The van der Waals surface area contributed by atoms with Crippen molar-refractivity contribution in [3.63, 3.8) is 0 Å². The van der Waals surface area contributed by atoms with Crippen LogP contribution < -0.4 is 5.32 Å². The molecule has 0 amide bonds. The average molecular weight is 154 g/mol. The third-order valence-corrected chi connectivity index (χ3v) is 3.37. The van der Waals surface area contributed by atoms with Crippen molar-refractivity contribution in [3.05, 3.63) is 0 Å². The molecule has 64 valence electrons. The van der Waals surface area contributed by atoms with E-state index in [-0.39, 0.29) is 0 Å². The van der Waals surface area contributed by atoms with Gasteiger partial charge in [0.25, 0.3) is 0 Å². The van der Waals surface area contributed by atoms with Crippen LogP contribution >= 0.6 is 0 Å². The molecule has 0 aromatic rings. The summed E-state index contributed by atoms with van der Waals surface area (Å²) in [4.78, 5) is 2.55. The standard InChI is InChI=1S/C9H18N2/c1-3-4-9-5-8(10-7-9)6-11(9)2/h8,10H,3-7H2,1-2H3. The minimum Gasteiger partial charge on any atom is -0.311 e. The number of likely N-dealkylation sites (tertiary alicyclic amines) is 1. The number of rotatable bonds is 2. The Morgan fingerprint density at radius 2 is 2.45 bits per heavy atom. The summed E-state index contributed by atoms with van der Waals surface area (Å²) in [6, 6.07) is 0.798. The summed E-state index contributed by atoms with van der Waals surface area (Å²) in [6.45, 7) is 4.77. The van der Waals surface area contributed by atoms with Crippen LogP contribution in [0.25, 0.3) is 0 Å². The van der Waals surface area contributed by atoms with E-state index in [1.165, 1.54) is 32.4 Å². The van der Waals surface area contributed by atoms with Gasteiger partial charge in [-0.1, -0.05) is 13.3 Å². The average Bonchev–Trinajstić information content (AvgIpc) is 2.45. The molecule has 0 aromatic heterocycles. The highest BCUT2D eigenvalue weighted by Gasteiger charge is 2.47. The van der Waals surface area contributed by atoms with Crippen molar-refractivity contribution < 1.29 is 0 Å². The second kappa shape index (κ2) is 2.46. The third kappa shape index (κ3) is 1.00. The van der Waals surface area contributed by atoms with Crippen LogP contribution in [0.3, 0.4) is 0 Å². The van der Waals surface area contributed by atoms with Crippen LogP contribution in [-0.2, 0) is 0 Å². The maximum Gasteiger partial charge on any atom is 0.0346 e. The van der Waals surface area contributed by atoms with Gasteiger partial charge in [-0.25, -0.2) is 0 Å². The molecule has 2 rings (SSSR count). The number of fused-ring (bicyclic) bond motifs is 2. The van der Waals surface area contributed by atoms with E-state index in [1.807, 2.05) is 0 Å². The zero-order valence-electron chi connectivity index (χ0n) is 7.56. The minimum absolute atomic E-state index is 0.541. The van der Waals surface area contributed by atoms with Crippen LogP contribution in [0.4, 0.5) is 0 Å². The van der Waals surface area contributed by atoms with Gasteiger partial charge in [0.1, 0.15) is 0 Å². The van der Waals surface area contributed by atoms with Crippen molar-refractivity contribution >= 4 is 0 Å². The Balaban J connectivity index is 2.10. The highest BCUT2D eigenvalue weighted by molar-refractivity contribution is 5.07. The fraction of sp³-hybridized carbons (Fsp3) is 1.00. The van der Waals surface area contributed by atoms with E-state index < -0.39 is 0 Å². The van der Waals surface area contributed by atoms with Crippen molar-refractivity contribution in [2.45, 2.75) is 37.8 Å². The van der Waals surface area contributed by atoms with Crippen LogP contribution in [0.15, 0.2) is 0 Å². The smallest absolute Gasteiger partial charge is 0.0346 e. The summed E-state index contributed by atoms with van der Waals surface area (Å²) in [5.41, 5.74) is 0.541. The monoisotopic (exact) mass is 154 g/mol. The number of likely N-dealkylation sites (N-methyl/N-ethyl adjacent to an activating group) is 1. The van der Waals surface area contributed by atoms with Crippen LogP contribution in [-0.4, -0.2) is 36.6 Å². The van der Waals surface area contributed by atoms with Gasteiger partial charge in [-0.3, -0.25) is 4.90 Å². The van der Waals surface area contributed by atoms with Gasteiger partial charge in [0, 0.05) is 24.7 Å². The lowest BCUT2D eigenvalue weighted by Gasteiger charge is -2.35. The summed E-state index contributed by atoms with van der Waals surface area (Å²) < 4.78 is 0. The first kappa shape index (κ1) is 7.56. The molecular weight excluding hydrogens is 136 g/mol. The van der Waals surface area contributed by atoms with E-state index >= 15 is 0 Å². The SMILES string of the molecule is CCCC12CNC(CN1C)C2. The summed E-state index contributed by atoms with van der Waals surface area (Å²) in [5, 5.41) is 3.57. The summed E-state index contributed by atoms with van der Waals surface area (Å²) >= 11 is 0. The molecule has 2 atom stereocenters. The molecule has 0 radical (unpaired) electrons. The number of nitrogens with zero attached hydrogens (tertiary/aromatic N) is 1. The Kier molecular flexibility index (Phi) is 1.69. The first-order chi connectivity index (χ1) is 5.27. The Bertz CT molecular complexity index is 158. The highest BCUT2D eigenvalue weighted by atomic mass is 15.3. The second-order valence-corrected chi connectivity index (χ2v) is 4.14. The number of hydrogen-bond acceptors (Lipinski definition) is 2. The van der Waals surface area contributed by atoms with E-state index in [0.29, 0.717) is 5.54 Å². The fourth-order valence-electron chi connectivity index (χ4n) is 2.73. The molecule has 0 spiro atoms. The molecule has 2 saturated heterocycles. The van der Waals surface area contributed by atoms with E-state index in [2.05, 4.69) is 24.2 Å². The van der Waals surface area contributed by atoms with E-state index in [1.54, 1.807) is 0 Å². The van der Waals surface area contributed by atoms with Gasteiger partial charge in [0.05, 0.1) is 0 Å². The van der Waals surface area contributed by atoms with Gasteiger partial charge in [0.2, 0.25) is 0 Å². The van der Waals surface area contributed by atoms with Gasteiger partial charge >= 0.3 is 0 Å². The number of piperazine rings is 1. The third-order valence-electron chi connectivity index (χ3n) is 3.37. The van der Waals surface area contributed by atoms with Crippen molar-refractivity contribution in [1.82, 2.24) is 10.2 Å². The lowest BCUT2D eigenvalue weighted by atomic mass is 9.93. The Labute approximate surface area is 69.0 Å². The Morgan fingerprint density at radius 1 is 1.64 bits per heavy atom. The Hall–Kier alpha value is -0.0800. The quantitative estimate of drug-likeness (QED) is 0.634. The van der Waals surface area contributed by atoms with Crippen LogP contribution in [0, 0.1) is 0 Å². The zero-order valence-corrected chi connectivity index (χ0v) is 7.56. The molecule has 2 unspecified atom stereocenters. The topological polar surface area (TPSA) is 15.3 Å². The Morgan fingerprint density at radius 3 is 2.91 bits per heavy atom. The van der Waals surface area contributed by atoms with Crippen LogP contribution in [0.2, 0.25) is 0 Å². The van der Waals surface area contributed by atoms with E-state index in [4.69, 9.17) is 0 Å². The molecule has 2 nitrogen and oxygen atoms in total. The van der Waals surface area contributed by atoms with E-state index in [9.17, 15) is 0 Å². The van der Waals surface area contributed by atoms with Crippen molar-refractivity contribution in [2.24, 2.45) is 0 Å². The van der Waals surface area contributed by atoms with Gasteiger partial charge in [-0.2, -0.15) is 0 Å². The van der Waals surface area contributed by atoms with Crippen molar-refractivity contribution in [2.75, 3.05) is 20.1 Å². The first-order valence-corrected chi connectivity index (χ1v) is 4.71. The van der Waals surface area contributed by atoms with Crippen molar-refractivity contribution in [1.29, 1.82) is 0 Å². The molecule has 2 aliphatic heterocycles. The van der Waals surface area contributed by atoms with Gasteiger partial charge in [0.15, 0.2) is 0 Å². The lowest BCUT2D eigenvalue weighted by molar-refractivity contribution is 0.151. The van der Waals surface area contributed by atoms with Gasteiger partial charge in [-0.05, 0) is 19.9 Å². The largest absolute Gasteiger partial charge is 0.311 e. The zero-order chi connectivity index (χ0) is 7.90. The van der Waals surface area contributed by atoms with Crippen LogP contribution in [0.5, 0.6) is 0 Å². The molecule has 0 aromatic carbocycles.